The molecule has 6 heterocycles. The minimum atomic E-state index is -0.396. The Hall–Kier alpha value is -5.83. The minimum Gasteiger partial charge on any atom is -0.399 e. The SMILES string of the molecule is CN1CC=C(c2c[nH]c3ccc([N+](=O)[O-])cc23)CC1.CN1CCC(=O)CC1.CN1CCC(c2c[nH]c3ccc(N)cc23)CC1.O=[N+]([O-])c1ccc2[nH]ccc2c1.[HH].[HH].[HH]. The van der Waals surface area contributed by atoms with Crippen molar-refractivity contribution in [3.63, 3.8) is 0 Å². The average Bonchev–Trinajstić information content (AvgIpc) is 3.96. The van der Waals surface area contributed by atoms with E-state index in [-0.39, 0.29) is 20.6 Å². The van der Waals surface area contributed by atoms with E-state index in [9.17, 15) is 25.0 Å². The smallest absolute Gasteiger partial charge is 0.270 e. The first-order valence-corrected chi connectivity index (χ1v) is 19.1. The number of aromatic nitrogens is 3. The summed E-state index contributed by atoms with van der Waals surface area (Å²) in [7, 11) is 6.34. The van der Waals surface area contributed by atoms with E-state index in [0.29, 0.717) is 11.7 Å². The number of hydrogen-bond donors (Lipinski definition) is 4. The molecule has 2 saturated heterocycles. The Balaban J connectivity index is 0.000000215. The number of nitro groups is 2. The molecule has 3 aliphatic heterocycles. The molecule has 5 N–H and O–H groups in total. The van der Waals surface area contributed by atoms with Crippen LogP contribution < -0.4 is 5.73 Å². The number of carbonyl (C=O) groups excluding carboxylic acids is 1. The molecule has 6 aromatic rings. The highest BCUT2D eigenvalue weighted by Crippen LogP contribution is 2.34. The number of rotatable bonds is 4. The Labute approximate surface area is 330 Å². The van der Waals surface area contributed by atoms with Gasteiger partial charge in [0.25, 0.3) is 11.4 Å². The lowest BCUT2D eigenvalue weighted by molar-refractivity contribution is -0.384. The summed E-state index contributed by atoms with van der Waals surface area (Å²) in [6, 6.07) is 17.6. The predicted molar refractivity (Wildman–Crippen MR) is 230 cm³/mol. The maximum absolute atomic E-state index is 10.9. The second kappa shape index (κ2) is 18.2. The molecule has 3 aliphatic rings. The van der Waals surface area contributed by atoms with Crippen molar-refractivity contribution in [2.75, 3.05) is 66.1 Å². The van der Waals surface area contributed by atoms with Crippen LogP contribution in [0.15, 0.2) is 85.3 Å². The molecule has 0 saturated carbocycles. The fourth-order valence-corrected chi connectivity index (χ4v) is 7.34. The number of Topliss-reactive ketones (excluding diaryl/α,β-unsaturated/α-hetero) is 1. The van der Waals surface area contributed by atoms with Crippen LogP contribution in [-0.2, 0) is 4.79 Å². The van der Waals surface area contributed by atoms with Gasteiger partial charge in [0.2, 0.25) is 0 Å². The van der Waals surface area contributed by atoms with Crippen molar-refractivity contribution in [3.8, 4) is 0 Å². The second-order valence-electron chi connectivity index (χ2n) is 14.9. The number of likely N-dealkylation sites (N-methyl/N-ethyl adjacent to an activating group) is 1. The quantitative estimate of drug-likeness (QED) is 0.0776. The van der Waals surface area contributed by atoms with Gasteiger partial charge in [0, 0.05) is 130 Å². The lowest BCUT2D eigenvalue weighted by Gasteiger charge is -2.28. The van der Waals surface area contributed by atoms with E-state index >= 15 is 0 Å². The Bertz CT molecular complexity index is 2340. The largest absolute Gasteiger partial charge is 0.399 e. The predicted octanol–water partition coefficient (Wildman–Crippen LogP) is 8.45. The van der Waals surface area contributed by atoms with E-state index < -0.39 is 4.92 Å². The van der Waals surface area contributed by atoms with Gasteiger partial charge >= 0.3 is 0 Å². The number of H-pyrrole nitrogens is 3. The van der Waals surface area contributed by atoms with Gasteiger partial charge in [0.15, 0.2) is 0 Å². The molecular formula is C42H57N9O5. The number of fused-ring (bicyclic) bond motifs is 3. The number of nitro benzene ring substituents is 2. The molecule has 0 atom stereocenters. The molecular weight excluding hydrogens is 711 g/mol. The molecule has 2 fully saturated rings. The van der Waals surface area contributed by atoms with Crippen LogP contribution in [0.5, 0.6) is 0 Å². The normalized spacial score (nSPS) is 17.0. The highest BCUT2D eigenvalue weighted by molar-refractivity contribution is 5.94. The van der Waals surface area contributed by atoms with Crippen molar-refractivity contribution in [2.45, 2.75) is 38.0 Å². The van der Waals surface area contributed by atoms with Crippen LogP contribution in [0, 0.1) is 20.2 Å². The zero-order valence-electron chi connectivity index (χ0n) is 32.3. The standard InChI is InChI=1S/C14H15N3O2.C14H19N3.C8H6N2O2.C6H11NO.3H2/c1-16-6-4-10(5-7-16)13-9-15-14-3-2-11(17(18)19)8-12(13)14;1-17-6-4-10(5-7-17)13-9-16-14-3-2-11(15)8-12(13)14;11-10(12)7-1-2-8-6(5-7)3-4-9-8;1-7-4-2-6(8)3-5-7;;;/h2-4,8-9,15H,5-7H2,1H3;2-3,8-10,16H,4-7,15H2,1H3;1-5,9H;2-5H2,1H3;3*1H. The van der Waals surface area contributed by atoms with Gasteiger partial charge in [-0.25, -0.2) is 0 Å². The van der Waals surface area contributed by atoms with Crippen molar-refractivity contribution in [1.82, 2.24) is 29.7 Å². The Morgan fingerprint density at radius 3 is 1.96 bits per heavy atom. The zero-order chi connectivity index (χ0) is 39.8. The van der Waals surface area contributed by atoms with E-state index in [4.69, 9.17) is 5.73 Å². The van der Waals surface area contributed by atoms with Crippen LogP contribution in [0.3, 0.4) is 0 Å². The first-order valence-electron chi connectivity index (χ1n) is 19.1. The minimum absolute atomic E-state index is 0. The molecule has 300 valence electrons. The molecule has 0 amide bonds. The number of piperidine rings is 2. The molecule has 3 aromatic carbocycles. The third kappa shape index (κ3) is 10.1. The molecule has 56 heavy (non-hydrogen) atoms. The van der Waals surface area contributed by atoms with E-state index in [1.54, 1.807) is 30.5 Å². The van der Waals surface area contributed by atoms with Gasteiger partial charge in [-0.3, -0.25) is 25.0 Å². The van der Waals surface area contributed by atoms with Gasteiger partial charge in [0.05, 0.1) is 9.85 Å². The fraction of sp³-hybridized carbons (Fsp3) is 0.357. The third-order valence-electron chi connectivity index (χ3n) is 10.8. The van der Waals surface area contributed by atoms with Gasteiger partial charge in [-0.2, -0.15) is 0 Å². The number of nitrogens with one attached hydrogen (secondary N) is 3. The Kier molecular flexibility index (Phi) is 13.0. The van der Waals surface area contributed by atoms with Crippen molar-refractivity contribution in [1.29, 1.82) is 0 Å². The summed E-state index contributed by atoms with van der Waals surface area (Å²) in [6.07, 6.45) is 13.1. The Morgan fingerprint density at radius 1 is 0.696 bits per heavy atom. The number of anilines is 1. The van der Waals surface area contributed by atoms with Crippen LogP contribution >= 0.6 is 0 Å². The number of nitrogen functional groups attached to an aromatic ring is 1. The number of nitrogens with two attached hydrogens (primary N) is 1. The van der Waals surface area contributed by atoms with Gasteiger partial charge in [-0.1, -0.05) is 6.08 Å². The van der Waals surface area contributed by atoms with Gasteiger partial charge in [-0.15, -0.1) is 0 Å². The van der Waals surface area contributed by atoms with Gasteiger partial charge < -0.3 is 35.4 Å². The van der Waals surface area contributed by atoms with Crippen molar-refractivity contribution in [3.05, 3.63) is 117 Å². The average molecular weight is 768 g/mol. The van der Waals surface area contributed by atoms with Crippen LogP contribution in [-0.4, -0.2) is 106 Å². The summed E-state index contributed by atoms with van der Waals surface area (Å²) in [5.41, 5.74) is 13.9. The lowest BCUT2D eigenvalue weighted by atomic mass is 9.89. The Morgan fingerprint density at radius 2 is 1.30 bits per heavy atom. The summed E-state index contributed by atoms with van der Waals surface area (Å²) in [6.45, 7) is 6.25. The van der Waals surface area contributed by atoms with Gasteiger partial charge in [0.1, 0.15) is 5.78 Å². The number of carbonyl (C=O) groups is 1. The van der Waals surface area contributed by atoms with Gasteiger partial charge in [-0.05, 0) is 107 Å². The second-order valence-corrected chi connectivity index (χ2v) is 14.9. The summed E-state index contributed by atoms with van der Waals surface area (Å²) in [5, 5.41) is 24.3. The number of likely N-dealkylation sites (tertiary alicyclic amines) is 2. The molecule has 0 bridgehead atoms. The summed E-state index contributed by atoms with van der Waals surface area (Å²) in [5.74, 6) is 1.10. The fourth-order valence-electron chi connectivity index (χ4n) is 7.34. The number of hydrogen-bond acceptors (Lipinski definition) is 9. The molecule has 9 rings (SSSR count). The molecule has 14 nitrogen and oxygen atoms in total. The number of aromatic amines is 3. The number of ketones is 1. The number of non-ortho nitro benzene ring substituents is 2. The highest BCUT2D eigenvalue weighted by atomic mass is 16.6. The first-order chi connectivity index (χ1) is 26.9. The molecule has 0 spiro atoms. The number of nitrogens with zero attached hydrogens (tertiary/aromatic N) is 5. The van der Waals surface area contributed by atoms with E-state index in [1.165, 1.54) is 60.1 Å². The van der Waals surface area contributed by atoms with E-state index in [2.05, 4.69) is 68.2 Å². The maximum atomic E-state index is 10.9. The molecule has 0 unspecified atom stereocenters. The zero-order valence-corrected chi connectivity index (χ0v) is 32.3. The van der Waals surface area contributed by atoms with Crippen LogP contribution in [0.4, 0.5) is 17.1 Å². The molecule has 14 heteroatoms. The monoisotopic (exact) mass is 767 g/mol. The van der Waals surface area contributed by atoms with E-state index in [0.717, 1.165) is 78.5 Å². The maximum Gasteiger partial charge on any atom is 0.270 e. The van der Waals surface area contributed by atoms with Crippen LogP contribution in [0.25, 0.3) is 38.3 Å². The summed E-state index contributed by atoms with van der Waals surface area (Å²) in [4.78, 5) is 47.4. The third-order valence-corrected chi connectivity index (χ3v) is 10.8. The molecule has 0 radical (unpaired) electrons. The molecule has 0 aliphatic carbocycles. The molecule has 3 aromatic heterocycles. The first kappa shape index (κ1) is 39.9. The summed E-state index contributed by atoms with van der Waals surface area (Å²) < 4.78 is 0. The summed E-state index contributed by atoms with van der Waals surface area (Å²) >= 11 is 0. The van der Waals surface area contributed by atoms with Crippen LogP contribution in [0.2, 0.25) is 0 Å². The highest BCUT2D eigenvalue weighted by Gasteiger charge is 2.21. The van der Waals surface area contributed by atoms with Crippen molar-refractivity contribution >= 4 is 61.1 Å². The van der Waals surface area contributed by atoms with Crippen molar-refractivity contribution < 1.29 is 18.9 Å². The van der Waals surface area contributed by atoms with Crippen LogP contribution in [0.1, 0.15) is 53.4 Å². The topological polar surface area (TPSA) is 186 Å². The van der Waals surface area contributed by atoms with Crippen molar-refractivity contribution in [2.24, 2.45) is 0 Å². The van der Waals surface area contributed by atoms with E-state index in [1.807, 2.05) is 25.4 Å². The number of benzene rings is 3. The lowest BCUT2D eigenvalue weighted by Crippen LogP contribution is -2.29.